The van der Waals surface area contributed by atoms with Crippen LogP contribution in [0, 0.1) is 0 Å². The molecular weight excluding hydrogens is 216 g/mol. The largest absolute Gasteiger partial charge is 0.294 e. The van der Waals surface area contributed by atoms with Gasteiger partial charge in [0.15, 0.2) is 5.78 Å². The van der Waals surface area contributed by atoms with Crippen molar-refractivity contribution in [2.45, 2.75) is 39.4 Å². The number of carbonyl (C=O) groups is 1. The summed E-state index contributed by atoms with van der Waals surface area (Å²) in [4.78, 5) is 11.6. The third kappa shape index (κ3) is 4.01. The molecule has 0 aliphatic carbocycles. The molecule has 0 aromatic heterocycles. The summed E-state index contributed by atoms with van der Waals surface area (Å²) in [5.41, 5.74) is 2.13. The topological polar surface area (TPSA) is 17.1 Å². The zero-order valence-electron chi connectivity index (χ0n) is 9.62. The normalized spacial score (nSPS) is 11.7. The second kappa shape index (κ2) is 7.50. The molecule has 0 saturated carbocycles. The predicted octanol–water partition coefficient (Wildman–Crippen LogP) is 4.73. The van der Waals surface area contributed by atoms with E-state index in [0.717, 1.165) is 12.0 Å². The van der Waals surface area contributed by atoms with Gasteiger partial charge in [-0.1, -0.05) is 38.6 Å². The fraction of sp³-hybridized carbons (Fsp3) is 0.500. The van der Waals surface area contributed by atoms with Gasteiger partial charge in [-0.15, -0.1) is 0 Å². The van der Waals surface area contributed by atoms with Crippen molar-refractivity contribution < 1.29 is 4.79 Å². The van der Waals surface area contributed by atoms with Gasteiger partial charge in [0.1, 0.15) is 0 Å². The Balaban J connectivity index is 0.00000225. The quantitative estimate of drug-likeness (QED) is 0.690. The number of ketones is 1. The molecule has 0 aliphatic rings. The second-order valence-corrected chi connectivity index (χ2v) is 4.85. The zero-order chi connectivity index (χ0) is 11.3. The van der Waals surface area contributed by atoms with E-state index in [9.17, 15) is 4.79 Å². The molecular formula is C14H22OS. The maximum atomic E-state index is 11.6. The minimum absolute atomic E-state index is 0. The van der Waals surface area contributed by atoms with Crippen molar-refractivity contribution in [3.05, 3.63) is 35.4 Å². The van der Waals surface area contributed by atoms with Gasteiger partial charge < -0.3 is 0 Å². The van der Waals surface area contributed by atoms with Crippen LogP contribution in [0.5, 0.6) is 0 Å². The maximum absolute atomic E-state index is 11.6. The number of Topliss-reactive ketones (excluding diaryl/α,β-unsaturated/α-hetero) is 1. The van der Waals surface area contributed by atoms with E-state index in [1.165, 1.54) is 5.56 Å². The molecule has 1 unspecified atom stereocenters. The van der Waals surface area contributed by atoms with E-state index in [1.54, 1.807) is 0 Å². The Labute approximate surface area is 104 Å². The van der Waals surface area contributed by atoms with Crippen molar-refractivity contribution in [1.82, 2.24) is 0 Å². The first-order chi connectivity index (χ1) is 7.19. The van der Waals surface area contributed by atoms with Crippen molar-refractivity contribution in [3.8, 4) is 0 Å². The van der Waals surface area contributed by atoms with E-state index in [-0.39, 0.29) is 13.2 Å². The highest BCUT2D eigenvalue weighted by Gasteiger charge is 2.06. The molecule has 1 nitrogen and oxygen atoms in total. The molecule has 0 bridgehead atoms. The van der Waals surface area contributed by atoms with Gasteiger partial charge in [-0.3, -0.25) is 4.79 Å². The van der Waals surface area contributed by atoms with E-state index in [0.29, 0.717) is 11.7 Å². The smallest absolute Gasteiger partial charge is 0.162 e. The molecule has 90 valence electrons. The van der Waals surface area contributed by atoms with E-state index in [1.807, 2.05) is 30.8 Å². The number of hydrogen-bond donors (Lipinski definition) is 0. The Morgan fingerprint density at radius 2 is 1.88 bits per heavy atom. The molecule has 2 heteroatoms. The Morgan fingerprint density at radius 1 is 1.31 bits per heavy atom. The van der Waals surface area contributed by atoms with E-state index < -0.39 is 0 Å². The predicted molar refractivity (Wildman–Crippen MR) is 74.3 cm³/mol. The molecule has 0 saturated heterocycles. The minimum Gasteiger partial charge on any atom is -0.294 e. The zero-order valence-corrected chi connectivity index (χ0v) is 10.4. The average molecular weight is 238 g/mol. The lowest BCUT2D eigenvalue weighted by atomic mass is 10.0. The van der Waals surface area contributed by atoms with Gasteiger partial charge >= 0.3 is 0 Å². The Morgan fingerprint density at radius 3 is 2.31 bits per heavy atom. The first-order valence-electron chi connectivity index (χ1n) is 5.35. The van der Waals surface area contributed by atoms with Crippen LogP contribution in [0.1, 0.15) is 55.3 Å². The molecule has 0 amide bonds. The first kappa shape index (κ1) is 15.2. The van der Waals surface area contributed by atoms with Crippen molar-refractivity contribution in [2.75, 3.05) is 6.26 Å². The van der Waals surface area contributed by atoms with Gasteiger partial charge in [-0.25, -0.2) is 0 Å². The fourth-order valence-corrected chi connectivity index (χ4v) is 1.88. The van der Waals surface area contributed by atoms with Crippen LogP contribution < -0.4 is 0 Å². The molecule has 0 spiro atoms. The molecule has 1 atom stereocenters. The monoisotopic (exact) mass is 238 g/mol. The summed E-state index contributed by atoms with van der Waals surface area (Å²) < 4.78 is 0. The highest BCUT2D eigenvalue weighted by atomic mass is 32.2. The van der Waals surface area contributed by atoms with Crippen molar-refractivity contribution in [2.24, 2.45) is 0 Å². The van der Waals surface area contributed by atoms with Gasteiger partial charge in [-0.2, -0.15) is 11.8 Å². The number of rotatable bonds is 5. The van der Waals surface area contributed by atoms with Crippen molar-refractivity contribution >= 4 is 17.5 Å². The summed E-state index contributed by atoms with van der Waals surface area (Å²) in [5, 5.41) is 0.500. The summed E-state index contributed by atoms with van der Waals surface area (Å²) in [6, 6.07) is 8.01. The third-order valence-electron chi connectivity index (χ3n) is 2.53. The number of thioether (sulfide) groups is 1. The van der Waals surface area contributed by atoms with Crippen LogP contribution in [-0.2, 0) is 0 Å². The SMILES string of the molecule is C.CCCC(=O)c1ccc(C(C)SC)cc1. The third-order valence-corrected chi connectivity index (χ3v) is 3.51. The number of hydrogen-bond acceptors (Lipinski definition) is 2. The van der Waals surface area contributed by atoms with Gasteiger partial charge in [0, 0.05) is 17.2 Å². The summed E-state index contributed by atoms with van der Waals surface area (Å²) in [6.45, 7) is 4.20. The van der Waals surface area contributed by atoms with Gasteiger partial charge in [0.25, 0.3) is 0 Å². The highest BCUT2D eigenvalue weighted by molar-refractivity contribution is 7.98. The Kier molecular flexibility index (Phi) is 7.15. The molecule has 0 radical (unpaired) electrons. The van der Waals surface area contributed by atoms with Crippen LogP contribution >= 0.6 is 11.8 Å². The van der Waals surface area contributed by atoms with Crippen LogP contribution in [0.15, 0.2) is 24.3 Å². The summed E-state index contributed by atoms with van der Waals surface area (Å²) in [6.07, 6.45) is 3.67. The molecule has 1 aromatic rings. The van der Waals surface area contributed by atoms with Crippen molar-refractivity contribution in [3.63, 3.8) is 0 Å². The van der Waals surface area contributed by atoms with E-state index in [2.05, 4.69) is 25.3 Å². The Hall–Kier alpha value is -0.760. The molecule has 0 N–H and O–H groups in total. The summed E-state index contributed by atoms with van der Waals surface area (Å²) in [5.74, 6) is 0.251. The van der Waals surface area contributed by atoms with Crippen LogP contribution in [-0.4, -0.2) is 12.0 Å². The van der Waals surface area contributed by atoms with Gasteiger partial charge in [0.05, 0.1) is 0 Å². The lowest BCUT2D eigenvalue weighted by Crippen LogP contribution is -1.98. The van der Waals surface area contributed by atoms with Crippen LogP contribution in [0.25, 0.3) is 0 Å². The Bertz CT molecular complexity index is 316. The first-order valence-corrected chi connectivity index (χ1v) is 6.63. The minimum atomic E-state index is 0. The van der Waals surface area contributed by atoms with Gasteiger partial charge in [-0.05, 0) is 25.2 Å². The summed E-state index contributed by atoms with van der Waals surface area (Å²) >= 11 is 1.82. The molecule has 16 heavy (non-hydrogen) atoms. The standard InChI is InChI=1S/C13H18OS.CH4/c1-4-5-13(14)12-8-6-11(7-9-12)10(2)15-3;/h6-10H,4-5H2,1-3H3;1H4. The average Bonchev–Trinajstić information content (AvgIpc) is 2.28. The number of benzene rings is 1. The van der Waals surface area contributed by atoms with Crippen LogP contribution in [0.2, 0.25) is 0 Å². The van der Waals surface area contributed by atoms with Gasteiger partial charge in [0.2, 0.25) is 0 Å². The lowest BCUT2D eigenvalue weighted by molar-refractivity contribution is 0.0982. The lowest BCUT2D eigenvalue weighted by Gasteiger charge is -2.08. The highest BCUT2D eigenvalue weighted by Crippen LogP contribution is 2.25. The fourth-order valence-electron chi connectivity index (χ4n) is 1.45. The molecule has 0 fully saturated rings. The molecule has 0 aliphatic heterocycles. The van der Waals surface area contributed by atoms with Crippen LogP contribution in [0.4, 0.5) is 0 Å². The molecule has 1 rings (SSSR count). The molecule has 1 aromatic carbocycles. The maximum Gasteiger partial charge on any atom is 0.162 e. The number of carbonyl (C=O) groups excluding carboxylic acids is 1. The van der Waals surface area contributed by atoms with Crippen LogP contribution in [0.3, 0.4) is 0 Å². The van der Waals surface area contributed by atoms with E-state index in [4.69, 9.17) is 0 Å². The second-order valence-electron chi connectivity index (χ2n) is 3.67. The van der Waals surface area contributed by atoms with E-state index >= 15 is 0 Å². The van der Waals surface area contributed by atoms with Crippen molar-refractivity contribution in [1.29, 1.82) is 0 Å². The molecule has 0 heterocycles. The summed E-state index contributed by atoms with van der Waals surface area (Å²) in [7, 11) is 0.